The molecule has 3 aromatic carbocycles. The second-order valence-corrected chi connectivity index (χ2v) is 9.71. The molecule has 1 aliphatic heterocycles. The fraction of sp³-hybridized carbons (Fsp3) is 0.286. The summed E-state index contributed by atoms with van der Waals surface area (Å²) in [6.07, 6.45) is -4.33. The van der Waals surface area contributed by atoms with Crippen LogP contribution >= 0.6 is 0 Å². The number of hydrogen-bond donors (Lipinski definition) is 1. The second-order valence-electron chi connectivity index (χ2n) is 9.71. The molecular weight excluding hydrogens is 469 g/mol. The van der Waals surface area contributed by atoms with E-state index >= 15 is 0 Å². The minimum atomic E-state index is -4.45. The molecule has 0 aliphatic carbocycles. The third kappa shape index (κ3) is 5.87. The average Bonchev–Trinajstić information content (AvgIpc) is 2.82. The maximum Gasteiger partial charge on any atom is 0.416 e. The summed E-state index contributed by atoms with van der Waals surface area (Å²) in [5, 5.41) is 2.92. The van der Waals surface area contributed by atoms with E-state index in [1.54, 1.807) is 56.0 Å². The van der Waals surface area contributed by atoms with Gasteiger partial charge in [0.15, 0.2) is 0 Å². The summed E-state index contributed by atoms with van der Waals surface area (Å²) in [5.41, 5.74) is 2.46. The number of alkyl halides is 3. The standard InChI is InChI=1S/C28H27F3N2O3/c1-27(2,3)36-26(35)33-14-13-20-16-24(32-25(34)19-7-5-4-6-8-19)23(15-21(20)17-33)18-9-11-22(12-10-18)28(29,30)31/h4-12,15-16H,13-14,17H2,1-3H3,(H,32,34). The van der Waals surface area contributed by atoms with E-state index in [9.17, 15) is 22.8 Å². The molecule has 8 heteroatoms. The maximum atomic E-state index is 13.1. The van der Waals surface area contributed by atoms with Crippen LogP contribution in [0, 0.1) is 0 Å². The first kappa shape index (κ1) is 25.3. The molecule has 0 bridgehead atoms. The van der Waals surface area contributed by atoms with Gasteiger partial charge in [0.1, 0.15) is 5.60 Å². The van der Waals surface area contributed by atoms with Crippen molar-refractivity contribution in [1.82, 2.24) is 4.90 Å². The van der Waals surface area contributed by atoms with Crippen LogP contribution < -0.4 is 5.32 Å². The van der Waals surface area contributed by atoms with Crippen LogP contribution in [0.25, 0.3) is 11.1 Å². The highest BCUT2D eigenvalue weighted by Crippen LogP contribution is 2.36. The van der Waals surface area contributed by atoms with Gasteiger partial charge in [0, 0.05) is 29.9 Å². The van der Waals surface area contributed by atoms with Crippen molar-refractivity contribution in [3.05, 3.63) is 89.0 Å². The molecule has 0 fully saturated rings. The normalized spacial score (nSPS) is 13.7. The van der Waals surface area contributed by atoms with Gasteiger partial charge >= 0.3 is 12.3 Å². The van der Waals surface area contributed by atoms with Crippen LogP contribution in [0.3, 0.4) is 0 Å². The molecule has 2 amide bonds. The van der Waals surface area contributed by atoms with Crippen LogP contribution in [0.4, 0.5) is 23.7 Å². The Bertz CT molecular complexity index is 1260. The van der Waals surface area contributed by atoms with Crippen LogP contribution in [0.5, 0.6) is 0 Å². The smallest absolute Gasteiger partial charge is 0.416 e. The van der Waals surface area contributed by atoms with Gasteiger partial charge in [-0.25, -0.2) is 4.79 Å². The zero-order chi connectivity index (χ0) is 26.1. The topological polar surface area (TPSA) is 58.6 Å². The molecule has 0 saturated carbocycles. The van der Waals surface area contributed by atoms with Crippen molar-refractivity contribution in [3.8, 4) is 11.1 Å². The summed E-state index contributed by atoms with van der Waals surface area (Å²) in [6.45, 7) is 6.14. The Morgan fingerprint density at radius 1 is 0.917 bits per heavy atom. The number of hydrogen-bond acceptors (Lipinski definition) is 3. The van der Waals surface area contributed by atoms with Gasteiger partial charge in [-0.2, -0.15) is 13.2 Å². The molecule has 0 radical (unpaired) electrons. The van der Waals surface area contributed by atoms with Crippen molar-refractivity contribution in [2.24, 2.45) is 0 Å². The van der Waals surface area contributed by atoms with Gasteiger partial charge in [0.25, 0.3) is 5.91 Å². The molecule has 1 N–H and O–H groups in total. The largest absolute Gasteiger partial charge is 0.444 e. The van der Waals surface area contributed by atoms with Gasteiger partial charge in [-0.1, -0.05) is 30.3 Å². The average molecular weight is 497 g/mol. The number of ether oxygens (including phenoxy) is 1. The van der Waals surface area contributed by atoms with Crippen molar-refractivity contribution in [2.75, 3.05) is 11.9 Å². The van der Waals surface area contributed by atoms with Crippen LogP contribution in [0.15, 0.2) is 66.7 Å². The summed E-state index contributed by atoms with van der Waals surface area (Å²) in [4.78, 5) is 27.1. The van der Waals surface area contributed by atoms with Crippen molar-refractivity contribution in [3.63, 3.8) is 0 Å². The molecule has 0 atom stereocenters. The van der Waals surface area contributed by atoms with Crippen LogP contribution in [-0.4, -0.2) is 29.0 Å². The molecule has 1 heterocycles. The molecule has 0 spiro atoms. The van der Waals surface area contributed by atoms with Crippen molar-refractivity contribution >= 4 is 17.7 Å². The van der Waals surface area contributed by atoms with E-state index in [-0.39, 0.29) is 5.91 Å². The molecule has 3 aromatic rings. The predicted octanol–water partition coefficient (Wildman–Crippen LogP) is 6.92. The van der Waals surface area contributed by atoms with E-state index in [0.717, 1.165) is 23.3 Å². The molecule has 0 unspecified atom stereocenters. The van der Waals surface area contributed by atoms with E-state index < -0.39 is 23.4 Å². The number of carbonyl (C=O) groups excluding carboxylic acids is 2. The minimum Gasteiger partial charge on any atom is -0.444 e. The Hall–Kier alpha value is -3.81. The monoisotopic (exact) mass is 496 g/mol. The molecule has 0 aromatic heterocycles. The maximum absolute atomic E-state index is 13.1. The molecule has 1 aliphatic rings. The van der Waals surface area contributed by atoms with E-state index in [1.807, 2.05) is 12.1 Å². The van der Waals surface area contributed by atoms with Crippen molar-refractivity contribution < 1.29 is 27.5 Å². The number of nitrogens with zero attached hydrogens (tertiary/aromatic N) is 1. The Labute approximate surface area is 207 Å². The van der Waals surface area contributed by atoms with Crippen LogP contribution in [0.2, 0.25) is 0 Å². The first-order valence-corrected chi connectivity index (χ1v) is 11.6. The van der Waals surface area contributed by atoms with E-state index in [0.29, 0.717) is 41.9 Å². The SMILES string of the molecule is CC(C)(C)OC(=O)N1CCc2cc(NC(=O)c3ccccc3)c(-c3ccc(C(F)(F)F)cc3)cc2C1. The van der Waals surface area contributed by atoms with E-state index in [2.05, 4.69) is 5.32 Å². The summed E-state index contributed by atoms with van der Waals surface area (Å²) in [7, 11) is 0. The fourth-order valence-electron chi connectivity index (χ4n) is 4.06. The first-order valence-electron chi connectivity index (χ1n) is 11.6. The highest BCUT2D eigenvalue weighted by Gasteiger charge is 2.30. The number of rotatable bonds is 3. The molecule has 0 saturated heterocycles. The van der Waals surface area contributed by atoms with Crippen molar-refractivity contribution in [1.29, 1.82) is 0 Å². The van der Waals surface area contributed by atoms with Gasteiger partial charge in [0.2, 0.25) is 0 Å². The Balaban J connectivity index is 1.71. The van der Waals surface area contributed by atoms with Crippen molar-refractivity contribution in [2.45, 2.75) is 45.5 Å². The first-order chi connectivity index (χ1) is 16.9. The summed E-state index contributed by atoms with van der Waals surface area (Å²) in [5.74, 6) is -0.324. The zero-order valence-corrected chi connectivity index (χ0v) is 20.3. The Morgan fingerprint density at radius 3 is 2.19 bits per heavy atom. The van der Waals surface area contributed by atoms with Gasteiger partial charge in [0.05, 0.1) is 5.56 Å². The Kier molecular flexibility index (Phi) is 6.80. The third-order valence-electron chi connectivity index (χ3n) is 5.81. The predicted molar refractivity (Wildman–Crippen MR) is 132 cm³/mol. The van der Waals surface area contributed by atoms with E-state index in [1.165, 1.54) is 12.1 Å². The molecule has 5 nitrogen and oxygen atoms in total. The number of halogens is 3. The number of nitrogens with one attached hydrogen (secondary N) is 1. The van der Waals surface area contributed by atoms with Gasteiger partial charge in [-0.05, 0) is 80.3 Å². The highest BCUT2D eigenvalue weighted by molar-refractivity contribution is 6.06. The number of anilines is 1. The van der Waals surface area contributed by atoms with Crippen LogP contribution in [-0.2, 0) is 23.9 Å². The second kappa shape index (κ2) is 9.68. The fourth-order valence-corrected chi connectivity index (χ4v) is 4.06. The lowest BCUT2D eigenvalue weighted by molar-refractivity contribution is -0.137. The lowest BCUT2D eigenvalue weighted by atomic mass is 9.92. The zero-order valence-electron chi connectivity index (χ0n) is 20.3. The molecule has 36 heavy (non-hydrogen) atoms. The lowest BCUT2D eigenvalue weighted by Gasteiger charge is -2.32. The quantitative estimate of drug-likeness (QED) is 0.428. The highest BCUT2D eigenvalue weighted by atomic mass is 19.4. The van der Waals surface area contributed by atoms with E-state index in [4.69, 9.17) is 4.74 Å². The molecule has 188 valence electrons. The number of benzene rings is 3. The van der Waals surface area contributed by atoms with Gasteiger partial charge < -0.3 is 15.0 Å². The number of fused-ring (bicyclic) bond motifs is 1. The van der Waals surface area contributed by atoms with Gasteiger partial charge in [-0.3, -0.25) is 4.79 Å². The number of carbonyl (C=O) groups is 2. The summed E-state index contributed by atoms with van der Waals surface area (Å²) in [6, 6.07) is 17.2. The Morgan fingerprint density at radius 2 is 1.58 bits per heavy atom. The van der Waals surface area contributed by atoms with Crippen LogP contribution in [0.1, 0.15) is 47.8 Å². The summed E-state index contributed by atoms with van der Waals surface area (Å²) < 4.78 is 44.8. The molecule has 4 rings (SSSR count). The summed E-state index contributed by atoms with van der Waals surface area (Å²) >= 11 is 0. The lowest BCUT2D eigenvalue weighted by Crippen LogP contribution is -2.39. The molecular formula is C28H27F3N2O3. The van der Waals surface area contributed by atoms with Gasteiger partial charge in [-0.15, -0.1) is 0 Å². The minimum absolute atomic E-state index is 0.296. The third-order valence-corrected chi connectivity index (χ3v) is 5.81. The number of amides is 2.